The first-order valence-corrected chi connectivity index (χ1v) is 10.6. The molecule has 29 heavy (non-hydrogen) atoms. The number of ether oxygens (including phenoxy) is 1. The third-order valence-electron chi connectivity index (χ3n) is 4.91. The Hall–Kier alpha value is -1.65. The van der Waals surface area contributed by atoms with Gasteiger partial charge in [0.15, 0.2) is 17.7 Å². The number of fused-ring (bicyclic) bond motifs is 1. The number of hydrogen-bond donors (Lipinski definition) is 5. The number of nitrogens with zero attached hydrogens (tertiary/aromatic N) is 5. The van der Waals surface area contributed by atoms with Gasteiger partial charge in [0.25, 0.3) is 0 Å². The van der Waals surface area contributed by atoms with Crippen molar-refractivity contribution in [2.45, 2.75) is 37.0 Å². The van der Waals surface area contributed by atoms with Gasteiger partial charge in [0.2, 0.25) is 0 Å². The van der Waals surface area contributed by atoms with E-state index in [-0.39, 0.29) is 12.2 Å². The molecule has 0 spiro atoms. The van der Waals surface area contributed by atoms with E-state index in [0.717, 1.165) is 4.43 Å². The summed E-state index contributed by atoms with van der Waals surface area (Å²) in [7, 11) is 0. The number of aliphatic hydroxyl groups excluding tert-OH is 2. The summed E-state index contributed by atoms with van der Waals surface area (Å²) in [4.78, 5) is 25.1. The summed E-state index contributed by atoms with van der Waals surface area (Å²) in [6.07, 6.45) is -0.916. The fourth-order valence-electron chi connectivity index (χ4n) is 3.28. The molecule has 2 aromatic rings. The largest absolute Gasteiger partial charge is 0.480 e. The molecule has 1 aliphatic heterocycles. The van der Waals surface area contributed by atoms with Crippen molar-refractivity contribution >= 4 is 45.5 Å². The van der Waals surface area contributed by atoms with Gasteiger partial charge >= 0.3 is 5.97 Å². The van der Waals surface area contributed by atoms with Gasteiger partial charge in [-0.05, 0) is 6.42 Å². The van der Waals surface area contributed by atoms with Crippen LogP contribution < -0.4 is 11.5 Å². The summed E-state index contributed by atoms with van der Waals surface area (Å²) in [5.74, 6) is -0.846. The number of anilines is 1. The Morgan fingerprint density at radius 2 is 2.07 bits per heavy atom. The van der Waals surface area contributed by atoms with E-state index in [1.807, 2.05) is 4.90 Å². The quantitative estimate of drug-likeness (QED) is 0.192. The molecule has 0 amide bonds. The molecule has 12 nitrogen and oxygen atoms in total. The predicted octanol–water partition coefficient (Wildman–Crippen LogP) is -1.43. The highest BCUT2D eigenvalue weighted by molar-refractivity contribution is 14.1. The molecule has 0 unspecified atom stereocenters. The number of imidazole rings is 1. The second-order valence-electron chi connectivity index (χ2n) is 6.85. The molecule has 1 aliphatic rings. The van der Waals surface area contributed by atoms with Crippen molar-refractivity contribution in [3.05, 3.63) is 12.7 Å². The third-order valence-corrected chi connectivity index (χ3v) is 5.39. The maximum absolute atomic E-state index is 10.9. The molecule has 13 heteroatoms. The highest BCUT2D eigenvalue weighted by atomic mass is 127. The number of rotatable bonds is 9. The Kier molecular flexibility index (Phi) is 7.18. The van der Waals surface area contributed by atoms with Gasteiger partial charge in [0.1, 0.15) is 36.2 Å². The molecule has 0 aliphatic carbocycles. The standard InChI is InChI=1S/C16H24IN7O5/c17-2-4-23(3-1-8(18)16(27)28)5-9-11(25)12(26)15(29-9)24-7-22-10-13(19)20-6-21-14(10)24/h6-9,11-12,15,25-26H,1-5,18H2,(H,27,28)(H2,19,20,21)/t8-,9+,11+,12+,15+/m0/s1. The number of carboxylic acids is 1. The number of carbonyl (C=O) groups is 1. The molecule has 2 aromatic heterocycles. The highest BCUT2D eigenvalue weighted by Crippen LogP contribution is 2.32. The van der Waals surface area contributed by atoms with Crippen LogP contribution >= 0.6 is 22.6 Å². The van der Waals surface area contributed by atoms with Crippen molar-refractivity contribution in [1.82, 2.24) is 24.4 Å². The zero-order chi connectivity index (χ0) is 21.1. The van der Waals surface area contributed by atoms with Crippen molar-refractivity contribution in [2.24, 2.45) is 5.73 Å². The smallest absolute Gasteiger partial charge is 0.320 e. The topological polar surface area (TPSA) is 186 Å². The van der Waals surface area contributed by atoms with E-state index in [1.165, 1.54) is 17.2 Å². The average Bonchev–Trinajstić information content (AvgIpc) is 3.23. The van der Waals surface area contributed by atoms with E-state index in [9.17, 15) is 15.0 Å². The molecule has 160 valence electrons. The monoisotopic (exact) mass is 521 g/mol. The van der Waals surface area contributed by atoms with Crippen LogP contribution in [0.4, 0.5) is 5.82 Å². The molecule has 1 saturated heterocycles. The second-order valence-corrected chi connectivity index (χ2v) is 7.93. The molecule has 7 N–H and O–H groups in total. The average molecular weight is 521 g/mol. The zero-order valence-corrected chi connectivity index (χ0v) is 17.7. The minimum absolute atomic E-state index is 0.210. The Morgan fingerprint density at radius 1 is 1.31 bits per heavy atom. The van der Waals surface area contributed by atoms with Crippen molar-refractivity contribution in [1.29, 1.82) is 0 Å². The van der Waals surface area contributed by atoms with Gasteiger partial charge in [0, 0.05) is 24.1 Å². The summed E-state index contributed by atoms with van der Waals surface area (Å²) in [5, 5.41) is 30.0. The minimum atomic E-state index is -1.20. The molecular formula is C16H24IN7O5. The van der Waals surface area contributed by atoms with Crippen molar-refractivity contribution in [3.8, 4) is 0 Å². The summed E-state index contributed by atoms with van der Waals surface area (Å²) in [5.41, 5.74) is 12.2. The highest BCUT2D eigenvalue weighted by Gasteiger charge is 2.44. The molecule has 0 saturated carbocycles. The number of carboxylic acid groups (broad SMARTS) is 1. The van der Waals surface area contributed by atoms with Crippen LogP contribution in [0.15, 0.2) is 12.7 Å². The van der Waals surface area contributed by atoms with Crippen LogP contribution in [0.5, 0.6) is 0 Å². The number of aliphatic carboxylic acids is 1. The van der Waals surface area contributed by atoms with Gasteiger partial charge < -0.3 is 31.5 Å². The summed E-state index contributed by atoms with van der Waals surface area (Å²) >= 11 is 2.21. The van der Waals surface area contributed by atoms with Gasteiger partial charge in [-0.3, -0.25) is 14.3 Å². The van der Waals surface area contributed by atoms with E-state index in [0.29, 0.717) is 30.8 Å². The number of hydrogen-bond acceptors (Lipinski definition) is 10. The van der Waals surface area contributed by atoms with Crippen LogP contribution in [0.3, 0.4) is 0 Å². The van der Waals surface area contributed by atoms with Crippen LogP contribution in [-0.4, -0.2) is 94.1 Å². The minimum Gasteiger partial charge on any atom is -0.480 e. The number of nitrogen functional groups attached to an aromatic ring is 1. The summed E-state index contributed by atoms with van der Waals surface area (Å²) in [6, 6.07) is -0.957. The summed E-state index contributed by atoms with van der Waals surface area (Å²) in [6.45, 7) is 1.41. The molecule has 5 atom stereocenters. The van der Waals surface area contributed by atoms with Crippen LogP contribution in [-0.2, 0) is 9.53 Å². The molecule has 0 bridgehead atoms. The Bertz CT molecular complexity index is 852. The summed E-state index contributed by atoms with van der Waals surface area (Å²) < 4.78 is 8.26. The van der Waals surface area contributed by atoms with Gasteiger partial charge in [-0.2, -0.15) is 0 Å². The van der Waals surface area contributed by atoms with Crippen LogP contribution in [0.25, 0.3) is 11.2 Å². The molecule has 0 aromatic carbocycles. The fourth-order valence-corrected chi connectivity index (χ4v) is 3.96. The second kappa shape index (κ2) is 9.44. The van der Waals surface area contributed by atoms with Gasteiger partial charge in [-0.1, -0.05) is 22.6 Å². The lowest BCUT2D eigenvalue weighted by atomic mass is 10.1. The number of nitrogens with two attached hydrogens (primary N) is 2. The first kappa shape index (κ1) is 22.0. The van der Waals surface area contributed by atoms with Crippen molar-refractivity contribution in [3.63, 3.8) is 0 Å². The number of alkyl halides is 1. The van der Waals surface area contributed by atoms with Crippen LogP contribution in [0, 0.1) is 0 Å². The fraction of sp³-hybridized carbons (Fsp3) is 0.625. The van der Waals surface area contributed by atoms with Crippen molar-refractivity contribution in [2.75, 3.05) is 29.8 Å². The molecule has 3 rings (SSSR count). The first-order valence-electron chi connectivity index (χ1n) is 9.04. The number of halogens is 1. The molecular weight excluding hydrogens is 497 g/mol. The van der Waals surface area contributed by atoms with Crippen LogP contribution in [0.1, 0.15) is 12.6 Å². The van der Waals surface area contributed by atoms with Crippen LogP contribution in [0.2, 0.25) is 0 Å². The number of aromatic nitrogens is 4. The maximum Gasteiger partial charge on any atom is 0.320 e. The number of aliphatic hydroxyl groups is 2. The zero-order valence-electron chi connectivity index (χ0n) is 15.5. The van der Waals surface area contributed by atoms with Gasteiger partial charge in [-0.25, -0.2) is 15.0 Å². The van der Waals surface area contributed by atoms with E-state index < -0.39 is 36.6 Å². The lowest BCUT2D eigenvalue weighted by Crippen LogP contribution is -2.43. The Labute approximate surface area is 180 Å². The Morgan fingerprint density at radius 3 is 2.76 bits per heavy atom. The van der Waals surface area contributed by atoms with Gasteiger partial charge in [-0.15, -0.1) is 0 Å². The normalized spacial score (nSPS) is 25.7. The van der Waals surface area contributed by atoms with E-state index in [4.69, 9.17) is 21.3 Å². The molecule has 1 fully saturated rings. The molecule has 3 heterocycles. The third kappa shape index (κ3) is 4.75. The molecule has 0 radical (unpaired) electrons. The Balaban J connectivity index is 1.72. The first-order chi connectivity index (χ1) is 13.8. The lowest BCUT2D eigenvalue weighted by Gasteiger charge is -2.26. The SMILES string of the molecule is Nc1ncnc2c1ncn2[C@@H]1O[C@H](CN(CCI)CC[C@H](N)C(=O)O)[C@@H](O)[C@H]1O. The van der Waals surface area contributed by atoms with E-state index >= 15 is 0 Å². The lowest BCUT2D eigenvalue weighted by molar-refractivity contribution is -0.138. The van der Waals surface area contributed by atoms with Gasteiger partial charge in [0.05, 0.1) is 6.33 Å². The van der Waals surface area contributed by atoms with E-state index in [2.05, 4.69) is 37.5 Å². The predicted molar refractivity (Wildman–Crippen MR) is 111 cm³/mol. The van der Waals surface area contributed by atoms with E-state index in [1.54, 1.807) is 0 Å². The van der Waals surface area contributed by atoms with Crippen molar-refractivity contribution < 1.29 is 24.9 Å². The maximum atomic E-state index is 10.9.